The molecule has 0 saturated carbocycles. The molecule has 0 spiro atoms. The first-order valence-electron chi connectivity index (χ1n) is 11.3. The van der Waals surface area contributed by atoms with Crippen LogP contribution in [0.5, 0.6) is 0 Å². The van der Waals surface area contributed by atoms with E-state index >= 15 is 0 Å². The predicted molar refractivity (Wildman–Crippen MR) is 125 cm³/mol. The average molecular weight is 480 g/mol. The average Bonchev–Trinajstić information content (AvgIpc) is 3.14. The first kappa shape index (κ1) is 22.8. The molecule has 0 aliphatic carbocycles. The molecule has 1 fully saturated rings. The number of amides is 1. The Labute approximate surface area is 199 Å². The number of fused-ring (bicyclic) bond motifs is 1. The van der Waals surface area contributed by atoms with Gasteiger partial charge in [0.2, 0.25) is 0 Å². The van der Waals surface area contributed by atoms with Crippen LogP contribution in [0.3, 0.4) is 0 Å². The molecule has 0 radical (unpaired) electrons. The molecule has 1 atom stereocenters. The summed E-state index contributed by atoms with van der Waals surface area (Å²) in [7, 11) is 0. The molecule has 0 aromatic carbocycles. The van der Waals surface area contributed by atoms with E-state index in [1.807, 2.05) is 48.2 Å². The molecule has 7 nitrogen and oxygen atoms in total. The second-order valence-corrected chi connectivity index (χ2v) is 8.50. The number of rotatable bonds is 3. The standard InChI is InChI=1S/C25H23F3N6O/c1-17-10-13-32(21-9-8-18(16-30-21)25(26,27)28)14-15-33(17)24(35)22-20-7-3-5-12-34(20)31-23(22)19-6-2-4-11-29-19/h2-9,11-12,16-17H,10,13-15H2,1H3/t17-/m1/s1. The van der Waals surface area contributed by atoms with Crippen LogP contribution < -0.4 is 4.90 Å². The molecule has 4 aromatic rings. The molecular weight excluding hydrogens is 457 g/mol. The van der Waals surface area contributed by atoms with E-state index in [1.54, 1.807) is 21.8 Å². The molecule has 0 unspecified atom stereocenters. The molecule has 1 amide bonds. The Bertz CT molecular complexity index is 1340. The first-order chi connectivity index (χ1) is 16.8. The fraction of sp³-hybridized carbons (Fsp3) is 0.280. The molecule has 180 valence electrons. The molecule has 1 saturated heterocycles. The van der Waals surface area contributed by atoms with Gasteiger partial charge in [-0.2, -0.15) is 18.3 Å². The summed E-state index contributed by atoms with van der Waals surface area (Å²) in [6.07, 6.45) is 0.526. The molecule has 0 N–H and O–H groups in total. The maximum absolute atomic E-state index is 13.9. The number of hydrogen-bond acceptors (Lipinski definition) is 5. The Kier molecular flexibility index (Phi) is 5.88. The maximum atomic E-state index is 13.9. The van der Waals surface area contributed by atoms with Crippen molar-refractivity contribution in [2.45, 2.75) is 25.6 Å². The summed E-state index contributed by atoms with van der Waals surface area (Å²) in [4.78, 5) is 26.1. The Morgan fingerprint density at radius 3 is 2.54 bits per heavy atom. The molecule has 1 aliphatic heterocycles. The van der Waals surface area contributed by atoms with Gasteiger partial charge in [-0.25, -0.2) is 9.50 Å². The Balaban J connectivity index is 1.44. The summed E-state index contributed by atoms with van der Waals surface area (Å²) in [5, 5.41) is 4.63. The van der Waals surface area contributed by atoms with E-state index in [1.165, 1.54) is 6.07 Å². The summed E-state index contributed by atoms with van der Waals surface area (Å²) in [6, 6.07) is 13.4. The number of hydrogen-bond donors (Lipinski definition) is 0. The van der Waals surface area contributed by atoms with Crippen LogP contribution in [-0.2, 0) is 6.18 Å². The van der Waals surface area contributed by atoms with E-state index in [0.29, 0.717) is 54.3 Å². The number of aromatic nitrogens is 4. The van der Waals surface area contributed by atoms with Gasteiger partial charge in [0, 0.05) is 44.3 Å². The van der Waals surface area contributed by atoms with Crippen LogP contribution >= 0.6 is 0 Å². The van der Waals surface area contributed by atoms with E-state index in [9.17, 15) is 18.0 Å². The van der Waals surface area contributed by atoms with Crippen LogP contribution in [0.25, 0.3) is 16.9 Å². The van der Waals surface area contributed by atoms with Crippen molar-refractivity contribution in [3.05, 3.63) is 78.2 Å². The zero-order valence-corrected chi connectivity index (χ0v) is 19.0. The summed E-state index contributed by atoms with van der Waals surface area (Å²) in [5.74, 6) is 0.311. The lowest BCUT2D eigenvalue weighted by Gasteiger charge is -2.27. The van der Waals surface area contributed by atoms with E-state index in [-0.39, 0.29) is 11.9 Å². The van der Waals surface area contributed by atoms with Gasteiger partial charge < -0.3 is 9.80 Å². The fourth-order valence-corrected chi connectivity index (χ4v) is 4.37. The third-order valence-corrected chi connectivity index (χ3v) is 6.28. The van der Waals surface area contributed by atoms with Crippen molar-refractivity contribution < 1.29 is 18.0 Å². The number of carbonyl (C=O) groups is 1. The van der Waals surface area contributed by atoms with Crippen molar-refractivity contribution >= 4 is 17.2 Å². The van der Waals surface area contributed by atoms with Crippen molar-refractivity contribution in [3.8, 4) is 11.4 Å². The monoisotopic (exact) mass is 480 g/mol. The SMILES string of the molecule is C[C@@H]1CCN(c2ccc(C(F)(F)F)cn2)CCN1C(=O)c1c(-c2ccccn2)nn2ccccc12. The Morgan fingerprint density at radius 1 is 1.00 bits per heavy atom. The summed E-state index contributed by atoms with van der Waals surface area (Å²) < 4.78 is 40.4. The van der Waals surface area contributed by atoms with Crippen molar-refractivity contribution in [3.63, 3.8) is 0 Å². The van der Waals surface area contributed by atoms with Gasteiger partial charge in [0.25, 0.3) is 5.91 Å². The number of alkyl halides is 3. The van der Waals surface area contributed by atoms with Crippen LogP contribution in [0.2, 0.25) is 0 Å². The van der Waals surface area contributed by atoms with Gasteiger partial charge >= 0.3 is 6.18 Å². The highest BCUT2D eigenvalue weighted by atomic mass is 19.4. The van der Waals surface area contributed by atoms with Gasteiger partial charge in [0.1, 0.15) is 11.5 Å². The van der Waals surface area contributed by atoms with Crippen LogP contribution in [-0.4, -0.2) is 56.1 Å². The third kappa shape index (κ3) is 4.43. The van der Waals surface area contributed by atoms with Gasteiger partial charge in [0.15, 0.2) is 0 Å². The van der Waals surface area contributed by atoms with E-state index < -0.39 is 11.7 Å². The summed E-state index contributed by atoms with van der Waals surface area (Å²) >= 11 is 0. The molecule has 4 aromatic heterocycles. The van der Waals surface area contributed by atoms with Crippen molar-refractivity contribution in [1.82, 2.24) is 24.5 Å². The van der Waals surface area contributed by atoms with Gasteiger partial charge in [-0.1, -0.05) is 12.1 Å². The van der Waals surface area contributed by atoms with Crippen molar-refractivity contribution in [2.24, 2.45) is 0 Å². The number of pyridine rings is 3. The number of carbonyl (C=O) groups excluding carboxylic acids is 1. The van der Waals surface area contributed by atoms with Crippen LogP contribution in [0.4, 0.5) is 19.0 Å². The van der Waals surface area contributed by atoms with Crippen LogP contribution in [0.1, 0.15) is 29.3 Å². The number of nitrogens with zero attached hydrogens (tertiary/aromatic N) is 6. The van der Waals surface area contributed by atoms with Crippen LogP contribution in [0, 0.1) is 0 Å². The van der Waals surface area contributed by atoms with Crippen molar-refractivity contribution in [1.29, 1.82) is 0 Å². The van der Waals surface area contributed by atoms with Gasteiger partial charge in [-0.05, 0) is 49.7 Å². The normalized spacial score (nSPS) is 17.0. The first-order valence-corrected chi connectivity index (χ1v) is 11.3. The minimum Gasteiger partial charge on any atom is -0.355 e. The third-order valence-electron chi connectivity index (χ3n) is 6.28. The lowest BCUT2D eigenvalue weighted by molar-refractivity contribution is -0.137. The van der Waals surface area contributed by atoms with Crippen molar-refractivity contribution in [2.75, 3.05) is 24.5 Å². The smallest absolute Gasteiger partial charge is 0.355 e. The quantitative estimate of drug-likeness (QED) is 0.431. The lowest BCUT2D eigenvalue weighted by Crippen LogP contribution is -2.40. The van der Waals surface area contributed by atoms with E-state index in [2.05, 4.69) is 15.1 Å². The highest BCUT2D eigenvalue weighted by Gasteiger charge is 2.33. The number of halogens is 3. The molecule has 0 bridgehead atoms. The van der Waals surface area contributed by atoms with Gasteiger partial charge in [0.05, 0.1) is 22.3 Å². The molecule has 35 heavy (non-hydrogen) atoms. The second kappa shape index (κ2) is 9.01. The number of anilines is 1. The van der Waals surface area contributed by atoms with E-state index in [0.717, 1.165) is 12.3 Å². The minimum absolute atomic E-state index is 0.0859. The highest BCUT2D eigenvalue weighted by molar-refractivity contribution is 6.06. The van der Waals surface area contributed by atoms with E-state index in [4.69, 9.17) is 0 Å². The lowest BCUT2D eigenvalue weighted by atomic mass is 10.1. The molecule has 5 rings (SSSR count). The van der Waals surface area contributed by atoms with Crippen LogP contribution in [0.15, 0.2) is 67.1 Å². The fourth-order valence-electron chi connectivity index (χ4n) is 4.37. The van der Waals surface area contributed by atoms with Gasteiger partial charge in [-0.3, -0.25) is 9.78 Å². The largest absolute Gasteiger partial charge is 0.417 e. The molecule has 5 heterocycles. The van der Waals surface area contributed by atoms with Gasteiger partial charge in [-0.15, -0.1) is 0 Å². The predicted octanol–water partition coefficient (Wildman–Crippen LogP) is 4.55. The Morgan fingerprint density at radius 2 is 1.83 bits per heavy atom. The zero-order chi connectivity index (χ0) is 24.6. The molecule has 10 heteroatoms. The molecular formula is C25H23F3N6O. The maximum Gasteiger partial charge on any atom is 0.417 e. The molecule has 1 aliphatic rings. The second-order valence-electron chi connectivity index (χ2n) is 8.50. The Hall–Kier alpha value is -3.95. The minimum atomic E-state index is -4.43. The zero-order valence-electron chi connectivity index (χ0n) is 19.0. The summed E-state index contributed by atoms with van der Waals surface area (Å²) in [5.41, 5.74) is 1.52. The highest BCUT2D eigenvalue weighted by Crippen LogP contribution is 2.30. The topological polar surface area (TPSA) is 66.6 Å². The summed E-state index contributed by atoms with van der Waals surface area (Å²) in [6.45, 7) is 3.40.